The lowest BCUT2D eigenvalue weighted by Gasteiger charge is -2.13. The first-order valence-electron chi connectivity index (χ1n) is 8.99. The van der Waals surface area contributed by atoms with Gasteiger partial charge < -0.3 is 19.5 Å². The number of rotatable bonds is 6. The molecular formula is C22H22N2O5. The number of nitrogens with one attached hydrogen (secondary N) is 1. The van der Waals surface area contributed by atoms with Gasteiger partial charge in [0.1, 0.15) is 11.5 Å². The molecule has 1 N–H and O–H groups in total. The van der Waals surface area contributed by atoms with Crippen molar-refractivity contribution in [3.8, 4) is 11.5 Å². The maximum Gasteiger partial charge on any atom is 0.340 e. The molecule has 1 amide bonds. The molecule has 0 aliphatic rings. The van der Waals surface area contributed by atoms with E-state index in [-0.39, 0.29) is 0 Å². The second-order valence-electron chi connectivity index (χ2n) is 6.40. The van der Waals surface area contributed by atoms with Crippen LogP contribution in [0.1, 0.15) is 21.6 Å². The van der Waals surface area contributed by atoms with Crippen molar-refractivity contribution >= 4 is 28.5 Å². The van der Waals surface area contributed by atoms with Gasteiger partial charge in [0.05, 0.1) is 36.7 Å². The lowest BCUT2D eigenvalue weighted by Crippen LogP contribution is -2.22. The summed E-state index contributed by atoms with van der Waals surface area (Å²) in [5.74, 6) is -0.0533. The Kier molecular flexibility index (Phi) is 5.97. The van der Waals surface area contributed by atoms with Crippen molar-refractivity contribution in [1.29, 1.82) is 0 Å². The lowest BCUT2D eigenvalue weighted by atomic mass is 10.0. The topological polar surface area (TPSA) is 86.8 Å². The highest BCUT2D eigenvalue weighted by atomic mass is 16.5. The van der Waals surface area contributed by atoms with Crippen LogP contribution in [-0.2, 0) is 9.53 Å². The van der Waals surface area contributed by atoms with Crippen LogP contribution in [0, 0.1) is 13.8 Å². The van der Waals surface area contributed by atoms with E-state index in [4.69, 9.17) is 14.2 Å². The molecule has 0 saturated carbocycles. The first-order valence-corrected chi connectivity index (χ1v) is 8.99. The average molecular weight is 394 g/mol. The van der Waals surface area contributed by atoms with Crippen LogP contribution in [0.15, 0.2) is 42.5 Å². The van der Waals surface area contributed by atoms with Crippen LogP contribution in [0.2, 0.25) is 0 Å². The number of pyridine rings is 1. The van der Waals surface area contributed by atoms with Crippen molar-refractivity contribution in [2.45, 2.75) is 13.8 Å². The molecule has 3 aromatic rings. The van der Waals surface area contributed by atoms with Gasteiger partial charge in [0.2, 0.25) is 0 Å². The number of fused-ring (bicyclic) bond motifs is 1. The summed E-state index contributed by atoms with van der Waals surface area (Å²) in [7, 11) is 3.02. The molecule has 0 bridgehead atoms. The minimum Gasteiger partial charge on any atom is -0.497 e. The molecule has 1 heterocycles. The SMILES string of the molecule is COc1ccc(OC)c(NC(=O)COC(=O)c2c(C)nc3ccccc3c2C)c1. The number of esters is 1. The summed E-state index contributed by atoms with van der Waals surface area (Å²) in [4.78, 5) is 29.4. The molecular weight excluding hydrogens is 372 g/mol. The first kappa shape index (κ1) is 20.1. The number of nitrogens with zero attached hydrogens (tertiary/aromatic N) is 1. The molecule has 0 unspecified atom stereocenters. The van der Waals surface area contributed by atoms with Crippen molar-refractivity contribution in [2.75, 3.05) is 26.1 Å². The minimum absolute atomic E-state index is 0.371. The van der Waals surface area contributed by atoms with Gasteiger partial charge in [-0.3, -0.25) is 9.78 Å². The van der Waals surface area contributed by atoms with Gasteiger partial charge in [0, 0.05) is 11.5 Å². The third-order valence-corrected chi connectivity index (χ3v) is 4.55. The second-order valence-corrected chi connectivity index (χ2v) is 6.40. The van der Waals surface area contributed by atoms with E-state index in [1.54, 1.807) is 25.1 Å². The van der Waals surface area contributed by atoms with Crippen LogP contribution in [0.5, 0.6) is 11.5 Å². The lowest BCUT2D eigenvalue weighted by molar-refractivity contribution is -0.119. The quantitative estimate of drug-likeness (QED) is 0.642. The zero-order chi connectivity index (χ0) is 21.0. The average Bonchev–Trinajstić information content (AvgIpc) is 2.72. The minimum atomic E-state index is -0.592. The zero-order valence-corrected chi connectivity index (χ0v) is 16.7. The van der Waals surface area contributed by atoms with Gasteiger partial charge in [0.25, 0.3) is 5.91 Å². The number of methoxy groups -OCH3 is 2. The summed E-state index contributed by atoms with van der Waals surface area (Å²) in [5.41, 5.74) is 2.93. The number of carbonyl (C=O) groups is 2. The summed E-state index contributed by atoms with van der Waals surface area (Å²) in [6, 6.07) is 12.6. The Balaban J connectivity index is 1.73. The van der Waals surface area contributed by atoms with E-state index >= 15 is 0 Å². The summed E-state index contributed by atoms with van der Waals surface area (Å²) in [5, 5.41) is 3.54. The predicted molar refractivity (Wildman–Crippen MR) is 110 cm³/mol. The highest BCUT2D eigenvalue weighted by molar-refractivity contribution is 6.00. The van der Waals surface area contributed by atoms with E-state index in [0.29, 0.717) is 28.4 Å². The van der Waals surface area contributed by atoms with Crippen LogP contribution in [0.25, 0.3) is 10.9 Å². The van der Waals surface area contributed by atoms with Crippen molar-refractivity contribution in [1.82, 2.24) is 4.98 Å². The number of amides is 1. The molecule has 7 nitrogen and oxygen atoms in total. The van der Waals surface area contributed by atoms with Crippen LogP contribution >= 0.6 is 0 Å². The maximum atomic E-state index is 12.6. The molecule has 0 aliphatic heterocycles. The molecule has 0 saturated heterocycles. The summed E-state index contributed by atoms with van der Waals surface area (Å²) in [6.07, 6.45) is 0. The molecule has 2 aromatic carbocycles. The normalized spacial score (nSPS) is 10.5. The van der Waals surface area contributed by atoms with Crippen molar-refractivity contribution in [3.05, 3.63) is 59.3 Å². The van der Waals surface area contributed by atoms with E-state index < -0.39 is 18.5 Å². The number of aromatic nitrogens is 1. The monoisotopic (exact) mass is 394 g/mol. The summed E-state index contributed by atoms with van der Waals surface area (Å²) >= 11 is 0. The van der Waals surface area contributed by atoms with Gasteiger partial charge in [-0.1, -0.05) is 18.2 Å². The fourth-order valence-corrected chi connectivity index (χ4v) is 3.13. The van der Waals surface area contributed by atoms with Crippen LogP contribution in [0.3, 0.4) is 0 Å². The van der Waals surface area contributed by atoms with Gasteiger partial charge in [-0.25, -0.2) is 4.79 Å². The van der Waals surface area contributed by atoms with E-state index in [2.05, 4.69) is 10.3 Å². The molecule has 0 radical (unpaired) electrons. The molecule has 0 aliphatic carbocycles. The highest BCUT2D eigenvalue weighted by Crippen LogP contribution is 2.29. The molecule has 0 atom stereocenters. The second kappa shape index (κ2) is 8.60. The Morgan fingerprint density at radius 3 is 2.52 bits per heavy atom. The number of anilines is 1. The smallest absolute Gasteiger partial charge is 0.340 e. The van der Waals surface area contributed by atoms with E-state index in [1.807, 2.05) is 31.2 Å². The van der Waals surface area contributed by atoms with Crippen LogP contribution in [0.4, 0.5) is 5.69 Å². The van der Waals surface area contributed by atoms with Crippen molar-refractivity contribution < 1.29 is 23.8 Å². The molecule has 29 heavy (non-hydrogen) atoms. The van der Waals surface area contributed by atoms with Gasteiger partial charge >= 0.3 is 5.97 Å². The Labute approximate surface area is 168 Å². The summed E-state index contributed by atoms with van der Waals surface area (Å²) < 4.78 is 15.6. The first-order chi connectivity index (χ1) is 13.9. The van der Waals surface area contributed by atoms with Gasteiger partial charge in [-0.2, -0.15) is 0 Å². The van der Waals surface area contributed by atoms with Gasteiger partial charge in [0.15, 0.2) is 6.61 Å². The van der Waals surface area contributed by atoms with E-state index in [9.17, 15) is 9.59 Å². The Morgan fingerprint density at radius 2 is 1.79 bits per heavy atom. The fraction of sp³-hybridized carbons (Fsp3) is 0.227. The van der Waals surface area contributed by atoms with Crippen molar-refractivity contribution in [3.63, 3.8) is 0 Å². The number of carbonyl (C=O) groups excluding carboxylic acids is 2. The molecule has 150 valence electrons. The third-order valence-electron chi connectivity index (χ3n) is 4.55. The predicted octanol–water partition coefficient (Wildman–Crippen LogP) is 3.66. The Bertz CT molecular complexity index is 1080. The standard InChI is InChI=1S/C22H22N2O5/c1-13-16-7-5-6-8-17(16)23-14(2)21(13)22(26)29-12-20(25)24-18-11-15(27-3)9-10-19(18)28-4/h5-11H,12H2,1-4H3,(H,24,25). The number of aryl methyl sites for hydroxylation is 2. The molecule has 0 spiro atoms. The summed E-state index contributed by atoms with van der Waals surface area (Å²) in [6.45, 7) is 3.15. The Morgan fingerprint density at radius 1 is 1.03 bits per heavy atom. The third kappa shape index (κ3) is 4.29. The fourth-order valence-electron chi connectivity index (χ4n) is 3.13. The molecule has 7 heteroatoms. The molecule has 3 rings (SSSR count). The largest absolute Gasteiger partial charge is 0.497 e. The van der Waals surface area contributed by atoms with E-state index in [1.165, 1.54) is 14.2 Å². The number of para-hydroxylation sites is 1. The van der Waals surface area contributed by atoms with E-state index in [0.717, 1.165) is 16.5 Å². The highest BCUT2D eigenvalue weighted by Gasteiger charge is 2.19. The number of ether oxygens (including phenoxy) is 3. The number of hydrogen-bond donors (Lipinski definition) is 1. The molecule has 0 fully saturated rings. The van der Waals surface area contributed by atoms with Crippen LogP contribution < -0.4 is 14.8 Å². The Hall–Kier alpha value is -3.61. The number of hydrogen-bond acceptors (Lipinski definition) is 6. The number of benzene rings is 2. The van der Waals surface area contributed by atoms with Gasteiger partial charge in [-0.05, 0) is 37.6 Å². The van der Waals surface area contributed by atoms with Crippen molar-refractivity contribution in [2.24, 2.45) is 0 Å². The van der Waals surface area contributed by atoms with Gasteiger partial charge in [-0.15, -0.1) is 0 Å². The van der Waals surface area contributed by atoms with Crippen LogP contribution in [-0.4, -0.2) is 37.7 Å². The molecule has 1 aromatic heterocycles. The zero-order valence-electron chi connectivity index (χ0n) is 16.7. The maximum absolute atomic E-state index is 12.6.